The Morgan fingerprint density at radius 1 is 1.25 bits per heavy atom. The van der Waals surface area contributed by atoms with E-state index in [-0.39, 0.29) is 5.91 Å². The smallest absolute Gasteiger partial charge is 0.255 e. The molecular weight excluding hydrogens is 381 g/mol. The number of hydrogen-bond donors (Lipinski definition) is 1. The first-order chi connectivity index (χ1) is 13.5. The minimum absolute atomic E-state index is 0.192. The van der Waals surface area contributed by atoms with Crippen LogP contribution in [0.4, 0.5) is 4.39 Å². The highest BCUT2D eigenvalue weighted by Crippen LogP contribution is 2.36. The van der Waals surface area contributed by atoms with Gasteiger partial charge in [0.1, 0.15) is 12.4 Å². The van der Waals surface area contributed by atoms with Gasteiger partial charge in [0.25, 0.3) is 5.91 Å². The molecule has 28 heavy (non-hydrogen) atoms. The number of benzene rings is 1. The van der Waals surface area contributed by atoms with E-state index in [1.165, 1.54) is 6.07 Å². The zero-order valence-corrected chi connectivity index (χ0v) is 15.9. The molecule has 5 nitrogen and oxygen atoms in total. The Bertz CT molecular complexity index is 1050. The lowest BCUT2D eigenvalue weighted by atomic mass is 9.97. The van der Waals surface area contributed by atoms with Crippen LogP contribution in [-0.4, -0.2) is 29.0 Å². The zero-order valence-electron chi connectivity index (χ0n) is 15.1. The van der Waals surface area contributed by atoms with Gasteiger partial charge in [-0.25, -0.2) is 4.39 Å². The molecule has 2 aromatic heterocycles. The number of carbonyl (C=O) groups excluding carboxylic acids is 1. The molecule has 1 amide bonds. The molecule has 0 bridgehead atoms. The van der Waals surface area contributed by atoms with Crippen molar-refractivity contribution in [3.8, 4) is 17.0 Å². The minimum Gasteiger partial charge on any atom is -0.489 e. The number of amides is 1. The fourth-order valence-electron chi connectivity index (χ4n) is 3.16. The average molecular weight is 398 g/mol. The lowest BCUT2D eigenvalue weighted by Gasteiger charge is -2.15. The monoisotopic (exact) mass is 397 g/mol. The van der Waals surface area contributed by atoms with Crippen molar-refractivity contribution in [3.05, 3.63) is 75.9 Å². The molecular formula is C21H17ClFN3O2. The molecule has 0 spiro atoms. The Labute approximate surface area is 166 Å². The third-order valence-electron chi connectivity index (χ3n) is 4.67. The van der Waals surface area contributed by atoms with Gasteiger partial charge >= 0.3 is 0 Å². The highest BCUT2D eigenvalue weighted by molar-refractivity contribution is 6.33. The molecule has 1 N–H and O–H groups in total. The Hall–Kier alpha value is -2.99. The molecule has 1 aliphatic heterocycles. The lowest BCUT2D eigenvalue weighted by Crippen LogP contribution is -2.24. The van der Waals surface area contributed by atoms with Crippen molar-refractivity contribution in [2.45, 2.75) is 13.3 Å². The van der Waals surface area contributed by atoms with Crippen molar-refractivity contribution in [2.75, 3.05) is 13.2 Å². The summed E-state index contributed by atoms with van der Waals surface area (Å²) >= 11 is 6.48. The van der Waals surface area contributed by atoms with Crippen molar-refractivity contribution < 1.29 is 13.9 Å². The second-order valence-corrected chi connectivity index (χ2v) is 6.95. The number of nitrogens with zero attached hydrogens (tertiary/aromatic N) is 2. The van der Waals surface area contributed by atoms with Gasteiger partial charge in [0.2, 0.25) is 0 Å². The van der Waals surface area contributed by atoms with E-state index < -0.39 is 5.82 Å². The van der Waals surface area contributed by atoms with Crippen LogP contribution >= 0.6 is 11.6 Å². The molecule has 7 heteroatoms. The topological polar surface area (TPSA) is 64.1 Å². The summed E-state index contributed by atoms with van der Waals surface area (Å²) in [7, 11) is 0. The summed E-state index contributed by atoms with van der Waals surface area (Å²) in [5.74, 6) is -0.160. The predicted molar refractivity (Wildman–Crippen MR) is 104 cm³/mol. The molecule has 0 radical (unpaired) electrons. The van der Waals surface area contributed by atoms with Gasteiger partial charge < -0.3 is 10.1 Å². The maximum Gasteiger partial charge on any atom is 0.255 e. The van der Waals surface area contributed by atoms with Gasteiger partial charge in [-0.2, -0.15) is 0 Å². The number of pyridine rings is 2. The summed E-state index contributed by atoms with van der Waals surface area (Å²) in [6.45, 7) is 2.74. The highest BCUT2D eigenvalue weighted by atomic mass is 35.5. The molecule has 4 rings (SSSR count). The molecule has 1 aromatic carbocycles. The summed E-state index contributed by atoms with van der Waals surface area (Å²) in [6.07, 6.45) is 5.01. The molecule has 1 aliphatic rings. The largest absolute Gasteiger partial charge is 0.489 e. The van der Waals surface area contributed by atoms with Crippen LogP contribution in [0.5, 0.6) is 5.75 Å². The number of nitrogens with one attached hydrogen (secondary N) is 1. The van der Waals surface area contributed by atoms with Crippen LogP contribution in [0.2, 0.25) is 5.02 Å². The average Bonchev–Trinajstić information content (AvgIpc) is 2.88. The maximum absolute atomic E-state index is 13.4. The van der Waals surface area contributed by atoms with E-state index in [0.717, 1.165) is 22.9 Å². The molecule has 0 fully saturated rings. The van der Waals surface area contributed by atoms with Gasteiger partial charge in [-0.15, -0.1) is 0 Å². The summed E-state index contributed by atoms with van der Waals surface area (Å²) in [5.41, 5.74) is 4.44. The summed E-state index contributed by atoms with van der Waals surface area (Å²) < 4.78 is 19.0. The van der Waals surface area contributed by atoms with E-state index in [9.17, 15) is 9.18 Å². The summed E-state index contributed by atoms with van der Waals surface area (Å²) in [6, 6.07) is 6.95. The standard InChI is InChI=1S/C21H17ClFN3O2/c1-12-14(8-17-20(19(12)22)28-5-4-25-21(17)27)6-13-2-3-18(26-9-13)15-7-16(23)11-24-10-15/h2-3,7-11H,4-6H2,1H3,(H,25,27). The number of ether oxygens (including phenoxy) is 1. The molecule has 3 heterocycles. The molecule has 0 aliphatic carbocycles. The number of rotatable bonds is 3. The van der Waals surface area contributed by atoms with Crippen LogP contribution in [0.1, 0.15) is 27.0 Å². The van der Waals surface area contributed by atoms with Crippen LogP contribution in [0.3, 0.4) is 0 Å². The summed E-state index contributed by atoms with van der Waals surface area (Å²) in [4.78, 5) is 20.6. The van der Waals surface area contributed by atoms with Crippen LogP contribution < -0.4 is 10.1 Å². The number of aromatic nitrogens is 2. The van der Waals surface area contributed by atoms with Gasteiger partial charge in [0, 0.05) is 18.0 Å². The van der Waals surface area contributed by atoms with Crippen LogP contribution in [0.15, 0.2) is 42.9 Å². The lowest BCUT2D eigenvalue weighted by molar-refractivity contribution is 0.0957. The van der Waals surface area contributed by atoms with E-state index in [4.69, 9.17) is 16.3 Å². The molecule has 0 saturated heterocycles. The molecule has 142 valence electrons. The summed E-state index contributed by atoms with van der Waals surface area (Å²) in [5, 5.41) is 3.26. The fraction of sp³-hybridized carbons (Fsp3) is 0.190. The second-order valence-electron chi connectivity index (χ2n) is 6.58. The molecule has 0 saturated carbocycles. The van der Waals surface area contributed by atoms with E-state index in [2.05, 4.69) is 15.3 Å². The first-order valence-corrected chi connectivity index (χ1v) is 9.19. The highest BCUT2D eigenvalue weighted by Gasteiger charge is 2.22. The van der Waals surface area contributed by atoms with Crippen molar-refractivity contribution in [2.24, 2.45) is 0 Å². The SMILES string of the molecule is Cc1c(Cc2ccc(-c3cncc(F)c3)nc2)cc2c(c1Cl)OCCNC2=O. The van der Waals surface area contributed by atoms with Crippen molar-refractivity contribution in [3.63, 3.8) is 0 Å². The minimum atomic E-state index is -0.404. The van der Waals surface area contributed by atoms with Crippen LogP contribution in [-0.2, 0) is 6.42 Å². The van der Waals surface area contributed by atoms with Gasteiger partial charge in [0.05, 0.1) is 29.0 Å². The number of hydrogen-bond acceptors (Lipinski definition) is 4. The van der Waals surface area contributed by atoms with Crippen molar-refractivity contribution in [1.29, 1.82) is 0 Å². The zero-order chi connectivity index (χ0) is 19.7. The number of halogens is 2. The van der Waals surface area contributed by atoms with Gasteiger partial charge in [0.15, 0.2) is 5.75 Å². The molecule has 0 atom stereocenters. The van der Waals surface area contributed by atoms with E-state index in [0.29, 0.717) is 47.2 Å². The maximum atomic E-state index is 13.4. The molecule has 3 aromatic rings. The third-order valence-corrected chi connectivity index (χ3v) is 5.13. The van der Waals surface area contributed by atoms with E-state index >= 15 is 0 Å². The van der Waals surface area contributed by atoms with E-state index in [1.807, 2.05) is 25.1 Å². The van der Waals surface area contributed by atoms with Gasteiger partial charge in [-0.3, -0.25) is 14.8 Å². The van der Waals surface area contributed by atoms with Crippen LogP contribution in [0.25, 0.3) is 11.3 Å². The quantitative estimate of drug-likeness (QED) is 0.726. The van der Waals surface area contributed by atoms with Crippen LogP contribution in [0, 0.1) is 12.7 Å². The molecule has 0 unspecified atom stereocenters. The van der Waals surface area contributed by atoms with Crippen molar-refractivity contribution >= 4 is 17.5 Å². The van der Waals surface area contributed by atoms with Gasteiger partial charge in [-0.05, 0) is 48.2 Å². The first-order valence-electron chi connectivity index (χ1n) is 8.82. The number of fused-ring (bicyclic) bond motifs is 1. The Kier molecular flexibility index (Phi) is 4.96. The first kappa shape index (κ1) is 18.4. The number of carbonyl (C=O) groups is 1. The normalized spacial score (nSPS) is 13.3. The third kappa shape index (κ3) is 3.55. The predicted octanol–water partition coefficient (Wildman–Crippen LogP) is 3.96. The fourth-order valence-corrected chi connectivity index (χ4v) is 3.43. The Morgan fingerprint density at radius 3 is 2.86 bits per heavy atom. The second kappa shape index (κ2) is 7.56. The van der Waals surface area contributed by atoms with Gasteiger partial charge in [-0.1, -0.05) is 17.7 Å². The van der Waals surface area contributed by atoms with E-state index in [1.54, 1.807) is 12.4 Å². The Morgan fingerprint density at radius 2 is 2.11 bits per heavy atom. The van der Waals surface area contributed by atoms with Crippen molar-refractivity contribution in [1.82, 2.24) is 15.3 Å². The Balaban J connectivity index is 1.64.